The average molecular weight is 451 g/mol. The number of para-hydroxylation sites is 1. The number of aryl methyl sites for hydroxylation is 1. The molecule has 0 aliphatic carbocycles. The first-order valence-electron chi connectivity index (χ1n) is 9.92. The molecular weight excluding hydrogens is 428 g/mol. The van der Waals surface area contributed by atoms with Crippen LogP contribution in [0.4, 0.5) is 5.69 Å². The van der Waals surface area contributed by atoms with Crippen LogP contribution in [0.1, 0.15) is 22.6 Å². The number of rotatable bonds is 7. The van der Waals surface area contributed by atoms with Crippen LogP contribution in [0.3, 0.4) is 0 Å². The zero-order valence-electron chi connectivity index (χ0n) is 17.0. The van der Waals surface area contributed by atoms with Gasteiger partial charge in [0.1, 0.15) is 0 Å². The van der Waals surface area contributed by atoms with Crippen molar-refractivity contribution >= 4 is 43.0 Å². The van der Waals surface area contributed by atoms with Gasteiger partial charge in [0, 0.05) is 18.5 Å². The Morgan fingerprint density at radius 1 is 0.968 bits per heavy atom. The Kier molecular flexibility index (Phi) is 6.15. The molecule has 0 aliphatic heterocycles. The predicted octanol–water partition coefficient (Wildman–Crippen LogP) is 5.00. The number of carbonyl (C=O) groups excluding carboxylic acids is 1. The molecule has 0 bridgehead atoms. The van der Waals surface area contributed by atoms with Crippen molar-refractivity contribution in [3.63, 3.8) is 0 Å². The molecule has 158 valence electrons. The summed E-state index contributed by atoms with van der Waals surface area (Å²) in [6.07, 6.45) is 0.631. The van der Waals surface area contributed by atoms with Crippen LogP contribution in [0.25, 0.3) is 10.2 Å². The maximum absolute atomic E-state index is 12.4. The van der Waals surface area contributed by atoms with Crippen molar-refractivity contribution in [1.82, 2.24) is 4.98 Å². The minimum Gasteiger partial charge on any atom is -0.326 e. The molecule has 5 nitrogen and oxygen atoms in total. The van der Waals surface area contributed by atoms with Crippen LogP contribution in [0.15, 0.2) is 77.7 Å². The first kappa shape index (κ1) is 21.2. The summed E-state index contributed by atoms with van der Waals surface area (Å²) in [6.45, 7) is 1.90. The monoisotopic (exact) mass is 450 g/mol. The molecular formula is C24H22N2O3S2. The number of sulfone groups is 1. The Hall–Kier alpha value is -3.03. The third-order valence-corrected chi connectivity index (χ3v) is 7.68. The summed E-state index contributed by atoms with van der Waals surface area (Å²) in [5, 5.41) is 3.81. The van der Waals surface area contributed by atoms with Crippen LogP contribution in [-0.2, 0) is 21.1 Å². The van der Waals surface area contributed by atoms with Crippen LogP contribution >= 0.6 is 11.3 Å². The Labute approximate surface area is 185 Å². The Balaban J connectivity index is 1.33. The molecule has 0 unspecified atom stereocenters. The fourth-order valence-electron chi connectivity index (χ4n) is 3.19. The standard InChI is InChI=1S/C24H22N2O3S2/c1-17-6-12-20(13-7-17)31(28,29)15-14-23(27)25-19-10-8-18(9-11-19)16-24-26-21-4-2-3-5-22(21)30-24/h2-13H,14-16H2,1H3,(H,25,27). The summed E-state index contributed by atoms with van der Waals surface area (Å²) in [6, 6.07) is 22.3. The third kappa shape index (κ3) is 5.37. The second-order valence-corrected chi connectivity index (χ2v) is 10.6. The first-order chi connectivity index (χ1) is 14.9. The minimum atomic E-state index is -3.48. The minimum absolute atomic E-state index is 0.0936. The molecule has 3 aromatic carbocycles. The van der Waals surface area contributed by atoms with Crippen LogP contribution in [0, 0.1) is 6.92 Å². The van der Waals surface area contributed by atoms with Gasteiger partial charge in [0.2, 0.25) is 5.91 Å². The number of carbonyl (C=O) groups is 1. The van der Waals surface area contributed by atoms with Crippen LogP contribution in [-0.4, -0.2) is 25.1 Å². The summed E-state index contributed by atoms with van der Waals surface area (Å²) >= 11 is 1.68. The fourth-order valence-corrected chi connectivity index (χ4v) is 5.43. The molecule has 0 fully saturated rings. The predicted molar refractivity (Wildman–Crippen MR) is 125 cm³/mol. The van der Waals surface area contributed by atoms with Crippen LogP contribution in [0.5, 0.6) is 0 Å². The van der Waals surface area contributed by atoms with Gasteiger partial charge in [-0.05, 0) is 48.9 Å². The smallest absolute Gasteiger partial charge is 0.225 e. The molecule has 1 heterocycles. The van der Waals surface area contributed by atoms with Crippen molar-refractivity contribution in [2.24, 2.45) is 0 Å². The molecule has 31 heavy (non-hydrogen) atoms. The molecule has 0 aliphatic rings. The molecule has 4 aromatic rings. The van der Waals surface area contributed by atoms with E-state index in [9.17, 15) is 13.2 Å². The number of aromatic nitrogens is 1. The van der Waals surface area contributed by atoms with Gasteiger partial charge in [-0.1, -0.05) is 42.0 Å². The number of anilines is 1. The van der Waals surface area contributed by atoms with Gasteiger partial charge in [-0.15, -0.1) is 11.3 Å². The van der Waals surface area contributed by atoms with Gasteiger partial charge >= 0.3 is 0 Å². The highest BCUT2D eigenvalue weighted by Crippen LogP contribution is 2.24. The lowest BCUT2D eigenvalue weighted by Crippen LogP contribution is -2.17. The van der Waals surface area contributed by atoms with Crippen molar-refractivity contribution in [3.05, 3.63) is 88.9 Å². The number of nitrogens with zero attached hydrogens (tertiary/aromatic N) is 1. The normalized spacial score (nSPS) is 11.5. The van der Waals surface area contributed by atoms with E-state index in [2.05, 4.69) is 16.4 Å². The van der Waals surface area contributed by atoms with Crippen LogP contribution < -0.4 is 5.32 Å². The molecule has 0 atom stereocenters. The molecule has 4 rings (SSSR count). The van der Waals surface area contributed by atoms with Gasteiger partial charge in [0.15, 0.2) is 9.84 Å². The Bertz CT molecular complexity index is 1280. The van der Waals surface area contributed by atoms with Crippen LogP contribution in [0.2, 0.25) is 0 Å². The largest absolute Gasteiger partial charge is 0.326 e. The first-order valence-corrected chi connectivity index (χ1v) is 12.4. The third-order valence-electron chi connectivity index (χ3n) is 4.91. The zero-order valence-corrected chi connectivity index (χ0v) is 18.7. The fraction of sp³-hybridized carbons (Fsp3) is 0.167. The number of benzene rings is 3. The zero-order chi connectivity index (χ0) is 21.8. The summed E-state index contributed by atoms with van der Waals surface area (Å²) in [5.74, 6) is -0.549. The van der Waals surface area contributed by atoms with Gasteiger partial charge in [0.05, 0.1) is 25.9 Å². The van der Waals surface area contributed by atoms with E-state index < -0.39 is 9.84 Å². The van der Waals surface area contributed by atoms with Gasteiger partial charge in [-0.3, -0.25) is 4.79 Å². The summed E-state index contributed by atoms with van der Waals surface area (Å²) in [4.78, 5) is 17.1. The lowest BCUT2D eigenvalue weighted by atomic mass is 10.1. The molecule has 0 spiro atoms. The highest BCUT2D eigenvalue weighted by molar-refractivity contribution is 7.91. The van der Waals surface area contributed by atoms with Crippen molar-refractivity contribution < 1.29 is 13.2 Å². The molecule has 1 aromatic heterocycles. The Morgan fingerprint density at radius 3 is 2.39 bits per heavy atom. The van der Waals surface area contributed by atoms with E-state index >= 15 is 0 Å². The SMILES string of the molecule is Cc1ccc(S(=O)(=O)CCC(=O)Nc2ccc(Cc3nc4ccccc4s3)cc2)cc1. The highest BCUT2D eigenvalue weighted by atomic mass is 32.2. The number of hydrogen-bond donors (Lipinski definition) is 1. The number of hydrogen-bond acceptors (Lipinski definition) is 5. The lowest BCUT2D eigenvalue weighted by molar-refractivity contribution is -0.115. The van der Waals surface area contributed by atoms with E-state index in [1.165, 1.54) is 4.70 Å². The van der Waals surface area contributed by atoms with Crippen molar-refractivity contribution in [3.8, 4) is 0 Å². The highest BCUT2D eigenvalue weighted by Gasteiger charge is 2.16. The molecule has 0 saturated heterocycles. The molecule has 1 N–H and O–H groups in total. The summed E-state index contributed by atoms with van der Waals surface area (Å²) in [7, 11) is -3.48. The second-order valence-electron chi connectivity index (χ2n) is 7.38. The van der Waals surface area contributed by atoms with Gasteiger partial charge in [0.25, 0.3) is 0 Å². The maximum Gasteiger partial charge on any atom is 0.225 e. The van der Waals surface area contributed by atoms with E-state index in [0.717, 1.165) is 28.1 Å². The van der Waals surface area contributed by atoms with E-state index in [1.807, 2.05) is 49.4 Å². The maximum atomic E-state index is 12.4. The summed E-state index contributed by atoms with van der Waals surface area (Å²) < 4.78 is 26.0. The van der Waals surface area contributed by atoms with Gasteiger partial charge in [-0.25, -0.2) is 13.4 Å². The Morgan fingerprint density at radius 2 is 1.68 bits per heavy atom. The number of nitrogens with one attached hydrogen (secondary N) is 1. The van der Waals surface area contributed by atoms with E-state index in [4.69, 9.17) is 0 Å². The molecule has 1 amide bonds. The van der Waals surface area contributed by atoms with Gasteiger partial charge < -0.3 is 5.32 Å². The summed E-state index contributed by atoms with van der Waals surface area (Å²) in [5.41, 5.74) is 3.74. The van der Waals surface area contributed by atoms with E-state index in [1.54, 1.807) is 35.6 Å². The van der Waals surface area contributed by atoms with Crippen molar-refractivity contribution in [1.29, 1.82) is 0 Å². The lowest BCUT2D eigenvalue weighted by Gasteiger charge is -2.07. The second kappa shape index (κ2) is 8.99. The quantitative estimate of drug-likeness (QED) is 0.430. The number of fused-ring (bicyclic) bond motifs is 1. The van der Waals surface area contributed by atoms with Crippen molar-refractivity contribution in [2.75, 3.05) is 11.1 Å². The molecule has 0 saturated carbocycles. The number of thiazole rings is 1. The van der Waals surface area contributed by atoms with Crippen molar-refractivity contribution in [2.45, 2.75) is 24.7 Å². The van der Waals surface area contributed by atoms with E-state index in [-0.39, 0.29) is 23.0 Å². The molecule has 0 radical (unpaired) electrons. The molecule has 7 heteroatoms. The van der Waals surface area contributed by atoms with E-state index in [0.29, 0.717) is 5.69 Å². The topological polar surface area (TPSA) is 76.1 Å². The number of amides is 1. The average Bonchev–Trinajstić information content (AvgIpc) is 3.16. The van der Waals surface area contributed by atoms with Gasteiger partial charge in [-0.2, -0.15) is 0 Å².